The standard InChI is InChI=1S/C3H8BNO4/c5-2-9-4-8-1-3(6)7/h4H,1-2,5H2,(H,6,7). The van der Waals surface area contributed by atoms with Crippen LogP contribution in [0.4, 0.5) is 0 Å². The van der Waals surface area contributed by atoms with Crippen molar-refractivity contribution in [2.24, 2.45) is 5.73 Å². The number of carboxylic acid groups (broad SMARTS) is 1. The van der Waals surface area contributed by atoms with Crippen LogP contribution in [-0.4, -0.2) is 32.1 Å². The van der Waals surface area contributed by atoms with Gasteiger partial charge in [0.2, 0.25) is 0 Å². The molecule has 0 rings (SSSR count). The number of nitrogens with two attached hydrogens (primary N) is 1. The first kappa shape index (κ1) is 8.41. The summed E-state index contributed by atoms with van der Waals surface area (Å²) in [7, 11) is -0.0667. The van der Waals surface area contributed by atoms with E-state index in [0.717, 1.165) is 0 Å². The van der Waals surface area contributed by atoms with Gasteiger partial charge in [-0.25, -0.2) is 4.79 Å². The first-order valence-electron chi connectivity index (χ1n) is 2.34. The van der Waals surface area contributed by atoms with Crippen LogP contribution in [0.3, 0.4) is 0 Å². The smallest absolute Gasteiger partial charge is 0.439 e. The maximum atomic E-state index is 9.75. The van der Waals surface area contributed by atoms with Crippen LogP contribution in [0.25, 0.3) is 0 Å². The zero-order valence-corrected chi connectivity index (χ0v) is 4.87. The maximum Gasteiger partial charge on any atom is 0.439 e. The second kappa shape index (κ2) is 5.55. The molecule has 0 atom stereocenters. The van der Waals surface area contributed by atoms with E-state index in [4.69, 9.17) is 10.8 Å². The Balaban J connectivity index is 2.83. The van der Waals surface area contributed by atoms with Gasteiger partial charge in [-0.1, -0.05) is 0 Å². The van der Waals surface area contributed by atoms with Crippen molar-refractivity contribution in [2.75, 3.05) is 13.3 Å². The summed E-state index contributed by atoms with van der Waals surface area (Å²) in [6, 6.07) is 0. The predicted octanol–water partition coefficient (Wildman–Crippen LogP) is -1.71. The van der Waals surface area contributed by atoms with Gasteiger partial charge in [0.15, 0.2) is 0 Å². The Labute approximate surface area is 53.0 Å². The molecule has 0 bridgehead atoms. The monoisotopic (exact) mass is 133 g/mol. The minimum atomic E-state index is -1.02. The van der Waals surface area contributed by atoms with E-state index in [9.17, 15) is 4.79 Å². The topological polar surface area (TPSA) is 81.8 Å². The van der Waals surface area contributed by atoms with E-state index in [-0.39, 0.29) is 21.0 Å². The molecule has 5 nitrogen and oxygen atoms in total. The second-order valence-corrected chi connectivity index (χ2v) is 1.23. The van der Waals surface area contributed by atoms with Crippen LogP contribution in [-0.2, 0) is 14.1 Å². The number of carboxylic acids is 1. The van der Waals surface area contributed by atoms with Gasteiger partial charge < -0.3 is 20.1 Å². The molecule has 0 spiro atoms. The molecule has 0 aliphatic rings. The van der Waals surface area contributed by atoms with Crippen LogP contribution in [0.5, 0.6) is 0 Å². The van der Waals surface area contributed by atoms with Gasteiger partial charge in [0, 0.05) is 0 Å². The van der Waals surface area contributed by atoms with Gasteiger partial charge in [-0.05, 0) is 0 Å². The minimum absolute atomic E-state index is 0.0413. The molecule has 0 aromatic rings. The van der Waals surface area contributed by atoms with Crippen LogP contribution in [0.15, 0.2) is 0 Å². The van der Waals surface area contributed by atoms with Crippen molar-refractivity contribution in [3.8, 4) is 0 Å². The fraction of sp³-hybridized carbons (Fsp3) is 0.667. The molecule has 6 heteroatoms. The Morgan fingerprint density at radius 3 is 2.78 bits per heavy atom. The molecule has 0 aliphatic heterocycles. The van der Waals surface area contributed by atoms with Crippen molar-refractivity contribution < 1.29 is 19.2 Å². The molecule has 0 radical (unpaired) electrons. The van der Waals surface area contributed by atoms with E-state index >= 15 is 0 Å². The number of rotatable bonds is 5. The second-order valence-electron chi connectivity index (χ2n) is 1.23. The van der Waals surface area contributed by atoms with E-state index in [1.54, 1.807) is 0 Å². The summed E-state index contributed by atoms with van der Waals surface area (Å²) in [4.78, 5) is 9.75. The Morgan fingerprint density at radius 2 is 2.33 bits per heavy atom. The molecule has 0 aromatic carbocycles. The molecule has 3 N–H and O–H groups in total. The van der Waals surface area contributed by atoms with Crippen molar-refractivity contribution in [2.45, 2.75) is 0 Å². The molecule has 0 heterocycles. The SMILES string of the molecule is NCOBOCC(=O)O. The van der Waals surface area contributed by atoms with E-state index in [1.165, 1.54) is 0 Å². The van der Waals surface area contributed by atoms with Crippen molar-refractivity contribution in [1.29, 1.82) is 0 Å². The lowest BCUT2D eigenvalue weighted by Crippen LogP contribution is -2.15. The Kier molecular flexibility index (Phi) is 5.19. The lowest BCUT2D eigenvalue weighted by molar-refractivity contribution is -0.139. The number of hydrogen-bond donors (Lipinski definition) is 2. The average Bonchev–Trinajstić information content (AvgIpc) is 1.80. The molecule has 0 unspecified atom stereocenters. The van der Waals surface area contributed by atoms with Crippen LogP contribution in [0.2, 0.25) is 0 Å². The highest BCUT2D eigenvalue weighted by Crippen LogP contribution is 1.71. The summed E-state index contributed by atoms with van der Waals surface area (Å²) in [5.41, 5.74) is 4.90. The van der Waals surface area contributed by atoms with Crippen molar-refractivity contribution >= 4 is 13.7 Å². The first-order valence-corrected chi connectivity index (χ1v) is 2.34. The van der Waals surface area contributed by atoms with Crippen LogP contribution in [0, 0.1) is 0 Å². The fourth-order valence-electron chi connectivity index (χ4n) is 0.236. The Bertz CT molecular complexity index is 87.9. The van der Waals surface area contributed by atoms with Crippen LogP contribution >= 0.6 is 0 Å². The summed E-state index contributed by atoms with van der Waals surface area (Å²) in [5.74, 6) is -1.02. The number of aliphatic carboxylic acids is 1. The highest BCUT2D eigenvalue weighted by atomic mass is 16.6. The summed E-state index contributed by atoms with van der Waals surface area (Å²) in [5, 5.41) is 8.00. The molecular formula is C3H8BNO4. The van der Waals surface area contributed by atoms with Gasteiger partial charge in [0.05, 0.1) is 6.73 Å². The summed E-state index contributed by atoms with van der Waals surface area (Å²) < 4.78 is 8.91. The number of carbonyl (C=O) groups is 1. The van der Waals surface area contributed by atoms with E-state index in [2.05, 4.69) is 9.31 Å². The van der Waals surface area contributed by atoms with Gasteiger partial charge in [0.1, 0.15) is 6.61 Å². The van der Waals surface area contributed by atoms with E-state index in [0.29, 0.717) is 0 Å². The van der Waals surface area contributed by atoms with Crippen LogP contribution < -0.4 is 5.73 Å². The lowest BCUT2D eigenvalue weighted by Gasteiger charge is -1.96. The Morgan fingerprint density at radius 1 is 1.67 bits per heavy atom. The zero-order valence-electron chi connectivity index (χ0n) is 4.87. The first-order chi connectivity index (χ1) is 4.27. The number of hydrogen-bond acceptors (Lipinski definition) is 4. The highest BCUT2D eigenvalue weighted by molar-refractivity contribution is 6.18. The van der Waals surface area contributed by atoms with Gasteiger partial charge >= 0.3 is 13.7 Å². The molecule has 0 aromatic heterocycles. The van der Waals surface area contributed by atoms with E-state index in [1.807, 2.05) is 0 Å². The molecule has 0 saturated heterocycles. The summed E-state index contributed by atoms with van der Waals surface area (Å²) >= 11 is 0. The van der Waals surface area contributed by atoms with Gasteiger partial charge in [-0.15, -0.1) is 0 Å². The van der Waals surface area contributed by atoms with E-state index < -0.39 is 5.97 Å². The zero-order chi connectivity index (χ0) is 7.11. The third kappa shape index (κ3) is 7.41. The van der Waals surface area contributed by atoms with Crippen molar-refractivity contribution in [3.05, 3.63) is 0 Å². The minimum Gasteiger partial charge on any atom is -0.480 e. The normalized spacial score (nSPS) is 9.00. The van der Waals surface area contributed by atoms with Gasteiger partial charge in [-0.2, -0.15) is 0 Å². The average molecular weight is 133 g/mol. The summed E-state index contributed by atoms with van der Waals surface area (Å²) in [6.45, 7) is -0.306. The van der Waals surface area contributed by atoms with Gasteiger partial charge in [0.25, 0.3) is 0 Å². The van der Waals surface area contributed by atoms with Crippen LogP contribution in [0.1, 0.15) is 0 Å². The lowest BCUT2D eigenvalue weighted by atomic mass is 10.4. The van der Waals surface area contributed by atoms with Crippen molar-refractivity contribution in [1.82, 2.24) is 0 Å². The highest BCUT2D eigenvalue weighted by Gasteiger charge is 1.95. The summed E-state index contributed by atoms with van der Waals surface area (Å²) in [6.07, 6.45) is 0. The molecular weight excluding hydrogens is 125 g/mol. The fourth-order valence-corrected chi connectivity index (χ4v) is 0.236. The van der Waals surface area contributed by atoms with Crippen molar-refractivity contribution in [3.63, 3.8) is 0 Å². The Hall–Kier alpha value is -0.585. The molecule has 0 aliphatic carbocycles. The molecule has 0 fully saturated rings. The molecule has 0 amide bonds. The quantitative estimate of drug-likeness (QED) is 0.265. The third-order valence-electron chi connectivity index (χ3n) is 0.510. The van der Waals surface area contributed by atoms with Gasteiger partial charge in [-0.3, -0.25) is 0 Å². The third-order valence-corrected chi connectivity index (χ3v) is 0.510. The largest absolute Gasteiger partial charge is 0.480 e. The molecule has 9 heavy (non-hydrogen) atoms. The maximum absolute atomic E-state index is 9.75. The predicted molar refractivity (Wildman–Crippen MR) is 30.9 cm³/mol. The molecule has 52 valence electrons. The molecule has 0 saturated carbocycles.